The van der Waals surface area contributed by atoms with Crippen LogP contribution in [0.4, 0.5) is 0 Å². The maximum atomic E-state index is 13.9. The topological polar surface area (TPSA) is 104 Å². The van der Waals surface area contributed by atoms with E-state index in [1.165, 1.54) is 0 Å². The van der Waals surface area contributed by atoms with Crippen LogP contribution in [-0.2, 0) is 39.6 Å². The predicted molar refractivity (Wildman–Crippen MR) is 161 cm³/mol. The third-order valence-electron chi connectivity index (χ3n) is 8.03. The van der Waals surface area contributed by atoms with Crippen molar-refractivity contribution >= 4 is 27.0 Å². The van der Waals surface area contributed by atoms with E-state index in [9.17, 15) is 13.2 Å². The van der Waals surface area contributed by atoms with Crippen molar-refractivity contribution in [3.63, 3.8) is 0 Å². The molecule has 0 spiro atoms. The van der Waals surface area contributed by atoms with Gasteiger partial charge in [0.1, 0.15) is 16.8 Å². The van der Waals surface area contributed by atoms with Crippen molar-refractivity contribution in [1.82, 2.24) is 19.3 Å². The smallest absolute Gasteiger partial charge is 0.306 e. The van der Waals surface area contributed by atoms with Crippen molar-refractivity contribution in [3.05, 3.63) is 81.9 Å². The fourth-order valence-corrected chi connectivity index (χ4v) is 7.72. The molecule has 222 valence electrons. The number of hydrogen-bond donors (Lipinski definition) is 0. The zero-order valence-corrected chi connectivity index (χ0v) is 25.9. The van der Waals surface area contributed by atoms with Gasteiger partial charge in [-0.2, -0.15) is 4.31 Å². The Morgan fingerprint density at radius 3 is 2.62 bits per heavy atom. The molecule has 0 bridgehead atoms. The average molecular weight is 591 g/mol. The summed E-state index contributed by atoms with van der Waals surface area (Å²) in [6, 6.07) is 15.5. The van der Waals surface area contributed by atoms with E-state index in [4.69, 9.17) is 9.47 Å². The van der Waals surface area contributed by atoms with Crippen LogP contribution in [0.2, 0.25) is 0 Å². The van der Waals surface area contributed by atoms with E-state index < -0.39 is 10.0 Å². The van der Waals surface area contributed by atoms with Gasteiger partial charge >= 0.3 is 5.97 Å². The number of aryl methyl sites for hydroxylation is 3. The molecule has 4 aromatic rings. The van der Waals surface area contributed by atoms with E-state index in [0.29, 0.717) is 29.1 Å². The number of aromatic nitrogens is 3. The minimum absolute atomic E-state index is 0.108. The Balaban J connectivity index is 1.57. The van der Waals surface area contributed by atoms with Crippen LogP contribution in [0.15, 0.2) is 53.4 Å². The predicted octanol–water partition coefficient (Wildman–Crippen LogP) is 5.06. The molecule has 0 fully saturated rings. The number of benzene rings is 3. The van der Waals surface area contributed by atoms with Gasteiger partial charge in [0.05, 0.1) is 25.0 Å². The molecule has 0 aliphatic carbocycles. The fraction of sp³-hybridized carbons (Fsp3) is 0.406. The van der Waals surface area contributed by atoms with Gasteiger partial charge in [-0.25, -0.2) is 13.1 Å². The number of rotatable bonds is 8. The highest BCUT2D eigenvalue weighted by Crippen LogP contribution is 2.36. The summed E-state index contributed by atoms with van der Waals surface area (Å²) in [5.74, 6) is 0.0789. The SMILES string of the molecule is CCOC(=O)CC(c1ccc(C)c(CN2C[C@@H](C)Cc3ccc(C)cc3S2(=O)=O)c1)c1cc(OC)c2c(c1)nnn2C. The molecule has 42 heavy (non-hydrogen) atoms. The number of fused-ring (bicyclic) bond motifs is 2. The summed E-state index contributed by atoms with van der Waals surface area (Å²) < 4.78 is 42.1. The van der Waals surface area contributed by atoms with Gasteiger partial charge in [-0.05, 0) is 84.7 Å². The second-order valence-corrected chi connectivity index (χ2v) is 13.2. The van der Waals surface area contributed by atoms with Crippen LogP contribution < -0.4 is 4.74 Å². The van der Waals surface area contributed by atoms with Crippen LogP contribution in [0.1, 0.15) is 59.6 Å². The molecular formula is C32H38N4O5S. The van der Waals surface area contributed by atoms with E-state index in [-0.39, 0.29) is 37.4 Å². The van der Waals surface area contributed by atoms with Gasteiger partial charge in [0.15, 0.2) is 0 Å². The van der Waals surface area contributed by atoms with Crippen molar-refractivity contribution in [2.45, 2.75) is 57.9 Å². The highest BCUT2D eigenvalue weighted by Gasteiger charge is 2.33. The standard InChI is InChI=1S/C32H38N4O5S/c1-7-41-31(37)17-27(25-15-28-32(29(16-25)40-6)35(5)34-33-28)23-11-9-22(4)26(14-23)19-36-18-21(3)12-24-10-8-20(2)13-30(24)42(36,38)39/h8-11,13-16,21,27H,7,12,17-19H2,1-6H3/t21-,27?/m0/s1. The second-order valence-electron chi connectivity index (χ2n) is 11.3. The maximum Gasteiger partial charge on any atom is 0.306 e. The van der Waals surface area contributed by atoms with Crippen LogP contribution in [0, 0.1) is 19.8 Å². The van der Waals surface area contributed by atoms with Gasteiger partial charge in [-0.15, -0.1) is 5.10 Å². The molecule has 3 aromatic carbocycles. The summed E-state index contributed by atoms with van der Waals surface area (Å²) in [6.45, 7) is 8.72. The van der Waals surface area contributed by atoms with Crippen molar-refractivity contribution in [2.24, 2.45) is 13.0 Å². The Morgan fingerprint density at radius 2 is 1.88 bits per heavy atom. The Bertz CT molecular complexity index is 1750. The van der Waals surface area contributed by atoms with E-state index in [2.05, 4.69) is 17.2 Å². The Hall–Kier alpha value is -3.76. The minimum Gasteiger partial charge on any atom is -0.494 e. The van der Waals surface area contributed by atoms with E-state index in [1.807, 2.05) is 56.3 Å². The number of hydrogen-bond acceptors (Lipinski definition) is 7. The van der Waals surface area contributed by atoms with Crippen molar-refractivity contribution in [2.75, 3.05) is 20.3 Å². The van der Waals surface area contributed by atoms with Crippen LogP contribution in [0.5, 0.6) is 5.75 Å². The van der Waals surface area contributed by atoms with E-state index in [1.54, 1.807) is 36.1 Å². The first kappa shape index (κ1) is 29.7. The number of carbonyl (C=O) groups excluding carboxylic acids is 1. The van der Waals surface area contributed by atoms with E-state index in [0.717, 1.165) is 38.9 Å². The molecule has 2 heterocycles. The van der Waals surface area contributed by atoms with Crippen LogP contribution >= 0.6 is 0 Å². The van der Waals surface area contributed by atoms with Crippen LogP contribution in [0.3, 0.4) is 0 Å². The molecule has 5 rings (SSSR count). The molecule has 1 aliphatic rings. The minimum atomic E-state index is -3.71. The summed E-state index contributed by atoms with van der Waals surface area (Å²) in [6.07, 6.45) is 0.815. The molecule has 1 unspecified atom stereocenters. The summed E-state index contributed by atoms with van der Waals surface area (Å²) in [7, 11) is -0.309. The molecular weight excluding hydrogens is 552 g/mol. The van der Waals surface area contributed by atoms with Crippen molar-refractivity contribution < 1.29 is 22.7 Å². The normalized spacial score (nSPS) is 17.4. The molecule has 0 saturated carbocycles. The zero-order chi connectivity index (χ0) is 30.2. The lowest BCUT2D eigenvalue weighted by molar-refractivity contribution is -0.143. The lowest BCUT2D eigenvalue weighted by atomic mass is 9.86. The summed E-state index contributed by atoms with van der Waals surface area (Å²) in [5, 5.41) is 8.43. The number of sulfonamides is 1. The first-order valence-electron chi connectivity index (χ1n) is 14.2. The van der Waals surface area contributed by atoms with Gasteiger partial charge in [0, 0.05) is 26.1 Å². The number of carbonyl (C=O) groups is 1. The first-order valence-corrected chi connectivity index (χ1v) is 15.7. The lowest BCUT2D eigenvalue weighted by Crippen LogP contribution is -2.33. The fourth-order valence-electron chi connectivity index (χ4n) is 5.86. The molecule has 0 N–H and O–H groups in total. The second kappa shape index (κ2) is 11.9. The number of nitrogens with zero attached hydrogens (tertiary/aromatic N) is 4. The molecule has 0 amide bonds. The molecule has 2 atom stereocenters. The summed E-state index contributed by atoms with van der Waals surface area (Å²) in [4.78, 5) is 13.2. The molecule has 1 aliphatic heterocycles. The number of ether oxygens (including phenoxy) is 2. The van der Waals surface area contributed by atoms with Gasteiger partial charge in [-0.3, -0.25) is 4.79 Å². The largest absolute Gasteiger partial charge is 0.494 e. The number of methoxy groups -OCH3 is 1. The molecule has 0 radical (unpaired) electrons. The Morgan fingerprint density at radius 1 is 1.10 bits per heavy atom. The third kappa shape index (κ3) is 5.78. The van der Waals surface area contributed by atoms with Crippen molar-refractivity contribution in [1.29, 1.82) is 0 Å². The van der Waals surface area contributed by atoms with Gasteiger partial charge in [-0.1, -0.05) is 42.5 Å². The highest BCUT2D eigenvalue weighted by molar-refractivity contribution is 7.89. The lowest BCUT2D eigenvalue weighted by Gasteiger charge is -2.25. The quantitative estimate of drug-likeness (QED) is 0.264. The Kier molecular flexibility index (Phi) is 8.39. The zero-order valence-electron chi connectivity index (χ0n) is 25.0. The monoisotopic (exact) mass is 590 g/mol. The van der Waals surface area contributed by atoms with Crippen molar-refractivity contribution in [3.8, 4) is 5.75 Å². The number of esters is 1. The first-order chi connectivity index (χ1) is 20.0. The molecule has 1 aromatic heterocycles. The summed E-state index contributed by atoms with van der Waals surface area (Å²) in [5.41, 5.74) is 6.79. The maximum absolute atomic E-state index is 13.9. The molecule has 0 saturated heterocycles. The van der Waals surface area contributed by atoms with Crippen LogP contribution in [-0.4, -0.2) is 53.9 Å². The van der Waals surface area contributed by atoms with Crippen LogP contribution in [0.25, 0.3) is 11.0 Å². The summed E-state index contributed by atoms with van der Waals surface area (Å²) >= 11 is 0. The van der Waals surface area contributed by atoms with E-state index >= 15 is 0 Å². The van der Waals surface area contributed by atoms with Gasteiger partial charge in [0.2, 0.25) is 10.0 Å². The van der Waals surface area contributed by atoms with Gasteiger partial charge < -0.3 is 9.47 Å². The van der Waals surface area contributed by atoms with Gasteiger partial charge in [0.25, 0.3) is 0 Å². The third-order valence-corrected chi connectivity index (χ3v) is 9.93. The molecule has 9 nitrogen and oxygen atoms in total. The Labute approximate surface area is 247 Å². The average Bonchev–Trinajstić information content (AvgIpc) is 3.29. The molecule has 10 heteroatoms. The highest BCUT2D eigenvalue weighted by atomic mass is 32.2.